The minimum atomic E-state index is 0.239. The van der Waals surface area contributed by atoms with Crippen LogP contribution >= 0.6 is 0 Å². The number of nitrogens with two attached hydrogens (primary N) is 1. The van der Waals surface area contributed by atoms with Crippen molar-refractivity contribution in [2.75, 3.05) is 26.2 Å². The van der Waals surface area contributed by atoms with Gasteiger partial charge in [-0.2, -0.15) is 4.98 Å². The smallest absolute Gasteiger partial charge is 0.227 e. The molecule has 5 nitrogen and oxygen atoms in total. The lowest BCUT2D eigenvalue weighted by Gasteiger charge is -2.39. The Morgan fingerprint density at radius 3 is 2.58 bits per heavy atom. The summed E-state index contributed by atoms with van der Waals surface area (Å²) < 4.78 is 5.36. The second-order valence-corrected chi connectivity index (χ2v) is 5.62. The molecule has 0 bridgehead atoms. The minimum absolute atomic E-state index is 0.239. The van der Waals surface area contributed by atoms with Gasteiger partial charge in [-0.1, -0.05) is 25.4 Å². The first-order chi connectivity index (χ1) is 9.21. The molecule has 0 radical (unpaired) electrons. The molecule has 1 fully saturated rings. The molecule has 0 aliphatic heterocycles. The van der Waals surface area contributed by atoms with E-state index in [9.17, 15) is 0 Å². The number of hydrogen-bond acceptors (Lipinski definition) is 5. The Labute approximate surface area is 115 Å². The van der Waals surface area contributed by atoms with Crippen LogP contribution in [0.3, 0.4) is 0 Å². The van der Waals surface area contributed by atoms with Crippen LogP contribution in [0.5, 0.6) is 0 Å². The lowest BCUT2D eigenvalue weighted by molar-refractivity contribution is 0.129. The molecule has 1 aliphatic rings. The number of nitrogens with zero attached hydrogens (tertiary/aromatic N) is 3. The van der Waals surface area contributed by atoms with Crippen molar-refractivity contribution in [1.82, 2.24) is 15.0 Å². The third-order valence-electron chi connectivity index (χ3n) is 4.43. The van der Waals surface area contributed by atoms with Gasteiger partial charge >= 0.3 is 0 Å². The molecule has 5 heteroatoms. The molecule has 0 aromatic carbocycles. The van der Waals surface area contributed by atoms with Gasteiger partial charge in [0.25, 0.3) is 0 Å². The summed E-state index contributed by atoms with van der Waals surface area (Å²) in [6.45, 7) is 8.20. The molecule has 1 heterocycles. The number of hydrogen-bond donors (Lipinski definition) is 1. The van der Waals surface area contributed by atoms with Gasteiger partial charge in [-0.25, -0.2) is 0 Å². The third-order valence-corrected chi connectivity index (χ3v) is 4.43. The fraction of sp³-hybridized carbons (Fsp3) is 0.857. The van der Waals surface area contributed by atoms with E-state index in [0.717, 1.165) is 50.7 Å². The molecule has 0 amide bonds. The molecule has 0 atom stereocenters. The second kappa shape index (κ2) is 6.48. The first-order valence-electron chi connectivity index (χ1n) is 7.45. The van der Waals surface area contributed by atoms with Crippen molar-refractivity contribution in [2.45, 2.75) is 46.0 Å². The van der Waals surface area contributed by atoms with Gasteiger partial charge in [0, 0.05) is 19.4 Å². The highest BCUT2D eigenvalue weighted by atomic mass is 16.5. The summed E-state index contributed by atoms with van der Waals surface area (Å²) in [6, 6.07) is 0. The Balaban J connectivity index is 1.85. The number of aromatic nitrogens is 2. The van der Waals surface area contributed by atoms with Crippen molar-refractivity contribution in [2.24, 2.45) is 11.1 Å². The molecule has 0 saturated heterocycles. The van der Waals surface area contributed by atoms with E-state index in [0.29, 0.717) is 0 Å². The molecule has 1 aliphatic carbocycles. The van der Waals surface area contributed by atoms with Crippen LogP contribution in [0.4, 0.5) is 0 Å². The van der Waals surface area contributed by atoms with E-state index in [-0.39, 0.29) is 5.41 Å². The Bertz CT molecular complexity index is 377. The number of likely N-dealkylation sites (N-methyl/N-ethyl adjacent to an activating group) is 1. The predicted octanol–water partition coefficient (Wildman–Crippen LogP) is 1.63. The molecule has 2 N–H and O–H groups in total. The molecule has 0 unspecified atom stereocenters. The van der Waals surface area contributed by atoms with Crippen molar-refractivity contribution in [1.29, 1.82) is 0 Å². The van der Waals surface area contributed by atoms with E-state index in [2.05, 4.69) is 28.9 Å². The van der Waals surface area contributed by atoms with Crippen molar-refractivity contribution < 1.29 is 4.52 Å². The van der Waals surface area contributed by atoms with Gasteiger partial charge in [0.15, 0.2) is 5.82 Å². The van der Waals surface area contributed by atoms with Crippen LogP contribution in [0, 0.1) is 5.41 Å². The van der Waals surface area contributed by atoms with Gasteiger partial charge in [0.2, 0.25) is 5.89 Å². The van der Waals surface area contributed by atoms with Crippen LogP contribution in [-0.2, 0) is 12.8 Å². The Hall–Kier alpha value is -0.940. The maximum absolute atomic E-state index is 5.86. The fourth-order valence-electron chi connectivity index (χ4n) is 2.71. The first-order valence-corrected chi connectivity index (χ1v) is 7.45. The van der Waals surface area contributed by atoms with Crippen molar-refractivity contribution in [3.63, 3.8) is 0 Å². The van der Waals surface area contributed by atoms with Crippen LogP contribution < -0.4 is 5.73 Å². The molecule has 0 spiro atoms. The van der Waals surface area contributed by atoms with Gasteiger partial charge in [-0.15, -0.1) is 0 Å². The molecule has 19 heavy (non-hydrogen) atoms. The Kier molecular flexibility index (Phi) is 4.93. The van der Waals surface area contributed by atoms with E-state index in [1.54, 1.807) is 0 Å². The van der Waals surface area contributed by atoms with E-state index in [1.807, 2.05) is 0 Å². The molecular formula is C14H26N4O. The monoisotopic (exact) mass is 266 g/mol. The maximum atomic E-state index is 5.86. The zero-order valence-electron chi connectivity index (χ0n) is 12.2. The summed E-state index contributed by atoms with van der Waals surface area (Å²) in [5, 5.41) is 4.08. The SMILES string of the molecule is CCN(CC)CCc1noc(CC2(CN)CCC2)n1. The van der Waals surface area contributed by atoms with Gasteiger partial charge in [0.1, 0.15) is 0 Å². The average molecular weight is 266 g/mol. The van der Waals surface area contributed by atoms with Gasteiger partial charge in [-0.3, -0.25) is 0 Å². The van der Waals surface area contributed by atoms with Crippen LogP contribution in [0.25, 0.3) is 0 Å². The normalized spacial score (nSPS) is 17.7. The summed E-state index contributed by atoms with van der Waals surface area (Å²) >= 11 is 0. The lowest BCUT2D eigenvalue weighted by Crippen LogP contribution is -2.39. The Morgan fingerprint density at radius 1 is 1.32 bits per heavy atom. The van der Waals surface area contributed by atoms with Crippen LogP contribution in [0.15, 0.2) is 4.52 Å². The molecule has 2 rings (SSSR count). The second-order valence-electron chi connectivity index (χ2n) is 5.62. The highest BCUT2D eigenvalue weighted by Gasteiger charge is 2.37. The van der Waals surface area contributed by atoms with Gasteiger partial charge < -0.3 is 15.2 Å². The largest absolute Gasteiger partial charge is 0.339 e. The third kappa shape index (κ3) is 3.54. The first kappa shape index (κ1) is 14.5. The van der Waals surface area contributed by atoms with E-state index in [4.69, 9.17) is 10.3 Å². The topological polar surface area (TPSA) is 68.2 Å². The van der Waals surface area contributed by atoms with Crippen molar-refractivity contribution in [3.8, 4) is 0 Å². The minimum Gasteiger partial charge on any atom is -0.339 e. The van der Waals surface area contributed by atoms with Crippen molar-refractivity contribution >= 4 is 0 Å². The highest BCUT2D eigenvalue weighted by Crippen LogP contribution is 2.42. The summed E-state index contributed by atoms with van der Waals surface area (Å²) in [5.74, 6) is 1.59. The Morgan fingerprint density at radius 2 is 2.05 bits per heavy atom. The van der Waals surface area contributed by atoms with Crippen LogP contribution in [0.2, 0.25) is 0 Å². The van der Waals surface area contributed by atoms with E-state index < -0.39 is 0 Å². The molecular weight excluding hydrogens is 240 g/mol. The summed E-state index contributed by atoms with van der Waals surface area (Å²) in [5.41, 5.74) is 6.10. The summed E-state index contributed by atoms with van der Waals surface area (Å²) in [4.78, 5) is 6.87. The average Bonchev–Trinajstić information content (AvgIpc) is 2.83. The predicted molar refractivity (Wildman–Crippen MR) is 74.8 cm³/mol. The number of rotatable bonds is 8. The van der Waals surface area contributed by atoms with Crippen LogP contribution in [-0.4, -0.2) is 41.2 Å². The zero-order valence-corrected chi connectivity index (χ0v) is 12.2. The van der Waals surface area contributed by atoms with Gasteiger partial charge in [-0.05, 0) is 37.9 Å². The standard InChI is InChI=1S/C14H26N4O/c1-3-18(4-2)9-6-12-16-13(19-17-12)10-14(11-15)7-5-8-14/h3-11,15H2,1-2H3. The summed E-state index contributed by atoms with van der Waals surface area (Å²) in [7, 11) is 0. The van der Waals surface area contributed by atoms with E-state index >= 15 is 0 Å². The molecule has 1 aromatic rings. The zero-order chi connectivity index (χ0) is 13.7. The fourth-order valence-corrected chi connectivity index (χ4v) is 2.71. The van der Waals surface area contributed by atoms with E-state index in [1.165, 1.54) is 19.3 Å². The molecule has 1 saturated carbocycles. The van der Waals surface area contributed by atoms with Gasteiger partial charge in [0.05, 0.1) is 0 Å². The summed E-state index contributed by atoms with van der Waals surface area (Å²) in [6.07, 6.45) is 5.38. The van der Waals surface area contributed by atoms with Crippen LogP contribution in [0.1, 0.15) is 44.8 Å². The molecule has 108 valence electrons. The highest BCUT2D eigenvalue weighted by molar-refractivity contribution is 4.98. The molecule has 1 aromatic heterocycles. The lowest BCUT2D eigenvalue weighted by atomic mass is 9.67. The quantitative estimate of drug-likeness (QED) is 0.774. The van der Waals surface area contributed by atoms with Crippen molar-refractivity contribution in [3.05, 3.63) is 11.7 Å². The maximum Gasteiger partial charge on any atom is 0.227 e.